The Bertz CT molecular complexity index is 952. The van der Waals surface area contributed by atoms with Crippen LogP contribution in [0.15, 0.2) is 81.3 Å². The van der Waals surface area contributed by atoms with Crippen LogP contribution in [0.25, 0.3) is 0 Å². The molecule has 0 spiro atoms. The van der Waals surface area contributed by atoms with Crippen molar-refractivity contribution >= 4 is 17.7 Å². The second-order valence-electron chi connectivity index (χ2n) is 5.98. The number of esters is 1. The van der Waals surface area contributed by atoms with Gasteiger partial charge in [0.25, 0.3) is 5.56 Å². The van der Waals surface area contributed by atoms with Gasteiger partial charge in [0.15, 0.2) is 0 Å². The van der Waals surface area contributed by atoms with Crippen LogP contribution in [-0.2, 0) is 17.6 Å². The van der Waals surface area contributed by atoms with Gasteiger partial charge in [-0.1, -0.05) is 60.3 Å². The van der Waals surface area contributed by atoms with Crippen LogP contribution < -0.4 is 5.56 Å². The van der Waals surface area contributed by atoms with Gasteiger partial charge >= 0.3 is 5.97 Å². The lowest BCUT2D eigenvalue weighted by Crippen LogP contribution is -2.22. The van der Waals surface area contributed by atoms with Crippen LogP contribution in [0.4, 0.5) is 0 Å². The van der Waals surface area contributed by atoms with Crippen molar-refractivity contribution in [3.63, 3.8) is 0 Å². The predicted molar refractivity (Wildman–Crippen MR) is 107 cm³/mol. The fourth-order valence-electron chi connectivity index (χ4n) is 2.74. The highest BCUT2D eigenvalue weighted by Crippen LogP contribution is 2.30. The maximum absolute atomic E-state index is 12.6. The predicted octanol–water partition coefficient (Wildman–Crippen LogP) is 4.49. The average Bonchev–Trinajstić information content (AvgIpc) is 2.68. The Morgan fingerprint density at radius 1 is 1.00 bits per heavy atom. The zero-order valence-corrected chi connectivity index (χ0v) is 15.9. The SMILES string of the molecule is CCOC(=O)c1c(Sc2ccccc2)cc(CCc2ccccc2)[nH]c1=O. The van der Waals surface area contributed by atoms with E-state index >= 15 is 0 Å². The Balaban J connectivity index is 1.92. The van der Waals surface area contributed by atoms with E-state index in [0.29, 0.717) is 11.3 Å². The van der Waals surface area contributed by atoms with E-state index in [0.717, 1.165) is 17.0 Å². The van der Waals surface area contributed by atoms with Crippen LogP contribution in [0.1, 0.15) is 28.5 Å². The van der Waals surface area contributed by atoms with Gasteiger partial charge in [0.05, 0.1) is 6.61 Å². The third-order valence-electron chi connectivity index (χ3n) is 4.03. The summed E-state index contributed by atoms with van der Waals surface area (Å²) in [6.07, 6.45) is 1.50. The average molecular weight is 379 g/mol. The van der Waals surface area contributed by atoms with E-state index < -0.39 is 11.5 Å². The third kappa shape index (κ3) is 5.11. The second kappa shape index (κ2) is 9.24. The number of hydrogen-bond acceptors (Lipinski definition) is 4. The largest absolute Gasteiger partial charge is 0.462 e. The summed E-state index contributed by atoms with van der Waals surface area (Å²) >= 11 is 1.40. The highest BCUT2D eigenvalue weighted by molar-refractivity contribution is 7.99. The number of hydrogen-bond donors (Lipinski definition) is 1. The van der Waals surface area contributed by atoms with Crippen molar-refractivity contribution in [1.82, 2.24) is 4.98 Å². The van der Waals surface area contributed by atoms with Crippen molar-refractivity contribution in [1.29, 1.82) is 0 Å². The third-order valence-corrected chi connectivity index (χ3v) is 5.08. The topological polar surface area (TPSA) is 59.2 Å². The molecule has 0 atom stereocenters. The van der Waals surface area contributed by atoms with E-state index in [1.54, 1.807) is 6.92 Å². The number of aromatic nitrogens is 1. The van der Waals surface area contributed by atoms with Crippen LogP contribution in [0.3, 0.4) is 0 Å². The van der Waals surface area contributed by atoms with E-state index in [9.17, 15) is 9.59 Å². The fourth-order valence-corrected chi connectivity index (χ4v) is 3.76. The molecule has 0 aliphatic rings. The number of pyridine rings is 1. The summed E-state index contributed by atoms with van der Waals surface area (Å²) in [6.45, 7) is 1.95. The molecular formula is C22H21NO3S. The molecule has 4 nitrogen and oxygen atoms in total. The molecule has 1 N–H and O–H groups in total. The first-order valence-corrected chi connectivity index (χ1v) is 9.69. The Labute approximate surface area is 162 Å². The van der Waals surface area contributed by atoms with Crippen LogP contribution in [0.2, 0.25) is 0 Å². The molecular weight excluding hydrogens is 358 g/mol. The molecule has 3 aromatic rings. The Hall–Kier alpha value is -2.79. The van der Waals surface area contributed by atoms with Crippen LogP contribution in [0, 0.1) is 0 Å². The molecule has 0 fully saturated rings. The van der Waals surface area contributed by atoms with Gasteiger partial charge in [0.1, 0.15) is 5.56 Å². The molecule has 2 aromatic carbocycles. The molecule has 0 aliphatic heterocycles. The summed E-state index contributed by atoms with van der Waals surface area (Å²) in [5.41, 5.74) is 1.66. The lowest BCUT2D eigenvalue weighted by atomic mass is 10.1. The molecule has 1 aromatic heterocycles. The summed E-state index contributed by atoms with van der Waals surface area (Å²) in [7, 11) is 0. The van der Waals surface area contributed by atoms with Crippen LogP contribution in [-0.4, -0.2) is 17.6 Å². The quantitative estimate of drug-likeness (QED) is 0.615. The van der Waals surface area contributed by atoms with Crippen molar-refractivity contribution in [2.45, 2.75) is 29.6 Å². The van der Waals surface area contributed by atoms with Crippen molar-refractivity contribution in [2.24, 2.45) is 0 Å². The fraction of sp³-hybridized carbons (Fsp3) is 0.182. The molecule has 0 amide bonds. The van der Waals surface area contributed by atoms with Gasteiger partial charge in [-0.3, -0.25) is 4.79 Å². The van der Waals surface area contributed by atoms with Crippen molar-refractivity contribution in [3.8, 4) is 0 Å². The lowest BCUT2D eigenvalue weighted by molar-refractivity contribution is 0.0520. The second-order valence-corrected chi connectivity index (χ2v) is 7.10. The maximum atomic E-state index is 12.6. The molecule has 5 heteroatoms. The number of aromatic amines is 1. The van der Waals surface area contributed by atoms with Gasteiger partial charge in [0.2, 0.25) is 0 Å². The van der Waals surface area contributed by atoms with E-state index in [4.69, 9.17) is 4.74 Å². The number of carbonyl (C=O) groups is 1. The zero-order chi connectivity index (χ0) is 19.1. The molecule has 0 radical (unpaired) electrons. The molecule has 0 saturated carbocycles. The Morgan fingerprint density at radius 2 is 1.67 bits per heavy atom. The van der Waals surface area contributed by atoms with Crippen molar-refractivity contribution in [2.75, 3.05) is 6.61 Å². The number of aryl methyl sites for hydroxylation is 2. The van der Waals surface area contributed by atoms with Crippen LogP contribution in [0.5, 0.6) is 0 Å². The van der Waals surface area contributed by atoms with E-state index in [-0.39, 0.29) is 12.2 Å². The molecule has 0 aliphatic carbocycles. The summed E-state index contributed by atoms with van der Waals surface area (Å²) in [6, 6.07) is 21.7. The summed E-state index contributed by atoms with van der Waals surface area (Å²) in [4.78, 5) is 29.3. The number of carbonyl (C=O) groups excluding carboxylic acids is 1. The minimum atomic E-state index is -0.591. The molecule has 3 rings (SSSR count). The maximum Gasteiger partial charge on any atom is 0.344 e. The van der Waals surface area contributed by atoms with E-state index in [1.807, 2.05) is 54.6 Å². The first-order valence-electron chi connectivity index (χ1n) is 8.87. The number of benzene rings is 2. The first kappa shape index (κ1) is 19.0. The molecule has 27 heavy (non-hydrogen) atoms. The number of H-pyrrole nitrogens is 1. The van der Waals surface area contributed by atoms with E-state index in [2.05, 4.69) is 17.1 Å². The summed E-state index contributed by atoms with van der Waals surface area (Å²) < 4.78 is 5.08. The van der Waals surface area contributed by atoms with E-state index in [1.165, 1.54) is 17.3 Å². The molecule has 0 unspecified atom stereocenters. The summed E-state index contributed by atoms with van der Waals surface area (Å²) in [5.74, 6) is -0.591. The smallest absolute Gasteiger partial charge is 0.344 e. The molecule has 0 saturated heterocycles. The molecule has 138 valence electrons. The minimum Gasteiger partial charge on any atom is -0.462 e. The molecule has 0 bridgehead atoms. The van der Waals surface area contributed by atoms with Gasteiger partial charge in [0, 0.05) is 15.5 Å². The van der Waals surface area contributed by atoms with Crippen LogP contribution >= 0.6 is 11.8 Å². The first-order chi connectivity index (χ1) is 13.2. The highest BCUT2D eigenvalue weighted by Gasteiger charge is 2.19. The molecule has 1 heterocycles. The standard InChI is InChI=1S/C22H21NO3S/c1-2-26-22(25)20-19(27-18-11-7-4-8-12-18)15-17(23-21(20)24)14-13-16-9-5-3-6-10-16/h3-12,15H,2,13-14H2,1H3,(H,23,24). The normalized spacial score (nSPS) is 10.6. The van der Waals surface area contributed by atoms with Crippen molar-refractivity contribution in [3.05, 3.63) is 93.9 Å². The van der Waals surface area contributed by atoms with Gasteiger partial charge in [-0.2, -0.15) is 0 Å². The van der Waals surface area contributed by atoms with Crippen molar-refractivity contribution < 1.29 is 9.53 Å². The minimum absolute atomic E-state index is 0.0640. The zero-order valence-electron chi connectivity index (χ0n) is 15.1. The highest BCUT2D eigenvalue weighted by atomic mass is 32.2. The Morgan fingerprint density at radius 3 is 2.33 bits per heavy atom. The Kier molecular flexibility index (Phi) is 6.49. The van der Waals surface area contributed by atoms with Gasteiger partial charge < -0.3 is 9.72 Å². The van der Waals surface area contributed by atoms with Gasteiger partial charge in [-0.15, -0.1) is 0 Å². The number of rotatable bonds is 7. The van der Waals surface area contributed by atoms with Gasteiger partial charge in [-0.05, 0) is 43.5 Å². The monoisotopic (exact) mass is 379 g/mol. The lowest BCUT2D eigenvalue weighted by Gasteiger charge is -2.11. The summed E-state index contributed by atoms with van der Waals surface area (Å²) in [5, 5.41) is 0. The number of ether oxygens (including phenoxy) is 1. The van der Waals surface area contributed by atoms with Gasteiger partial charge in [-0.25, -0.2) is 4.79 Å². The number of nitrogens with one attached hydrogen (secondary N) is 1.